The molecule has 0 saturated carbocycles. The molecule has 0 aliphatic rings. The molecule has 1 aromatic carbocycles. The molecule has 0 fully saturated rings. The summed E-state index contributed by atoms with van der Waals surface area (Å²) in [6.45, 7) is 0. The van der Waals surface area contributed by atoms with Crippen LogP contribution in [0.4, 0.5) is 10.1 Å². The predicted octanol–water partition coefficient (Wildman–Crippen LogP) is 1.92. The topological polar surface area (TPSA) is 61.0 Å². The number of halogens is 1. The lowest BCUT2D eigenvalue weighted by atomic mass is 10.3. The van der Waals surface area contributed by atoms with Gasteiger partial charge in [-0.05, 0) is 12.1 Å². The summed E-state index contributed by atoms with van der Waals surface area (Å²) >= 11 is 0. The molecule has 1 aromatic heterocycles. The number of aromatic nitrogens is 2. The molecule has 0 radical (unpaired) electrons. The van der Waals surface area contributed by atoms with E-state index in [9.17, 15) is 14.5 Å². The minimum Gasteiger partial charge on any atom is -0.258 e. The monoisotopic (exact) mass is 207 g/mol. The van der Waals surface area contributed by atoms with Crippen molar-refractivity contribution in [3.8, 4) is 5.69 Å². The van der Waals surface area contributed by atoms with E-state index in [1.165, 1.54) is 24.4 Å². The van der Waals surface area contributed by atoms with Gasteiger partial charge in [-0.3, -0.25) is 10.1 Å². The van der Waals surface area contributed by atoms with Crippen LogP contribution < -0.4 is 0 Å². The lowest BCUT2D eigenvalue weighted by Gasteiger charge is -2.00. The number of hydrogen-bond acceptors (Lipinski definition) is 3. The second-order valence-corrected chi connectivity index (χ2v) is 2.85. The predicted molar refractivity (Wildman–Crippen MR) is 50.2 cm³/mol. The molecule has 76 valence electrons. The Hall–Kier alpha value is -2.24. The molecule has 2 aromatic rings. The van der Waals surface area contributed by atoms with Crippen molar-refractivity contribution < 1.29 is 9.31 Å². The van der Waals surface area contributed by atoms with Gasteiger partial charge in [0, 0.05) is 0 Å². The van der Waals surface area contributed by atoms with Crippen molar-refractivity contribution in [1.82, 2.24) is 9.78 Å². The fraction of sp³-hybridized carbons (Fsp3) is 0. The molecule has 0 atom stereocenters. The summed E-state index contributed by atoms with van der Waals surface area (Å²) in [6, 6.07) is 5.93. The second-order valence-electron chi connectivity index (χ2n) is 2.85. The lowest BCUT2D eigenvalue weighted by Crippen LogP contribution is -1.97. The smallest absolute Gasteiger partial charge is 0.258 e. The van der Waals surface area contributed by atoms with Crippen molar-refractivity contribution in [3.63, 3.8) is 0 Å². The van der Waals surface area contributed by atoms with Gasteiger partial charge in [0.15, 0.2) is 0 Å². The largest absolute Gasteiger partial charge is 0.307 e. The van der Waals surface area contributed by atoms with Gasteiger partial charge in [-0.1, -0.05) is 12.1 Å². The van der Waals surface area contributed by atoms with E-state index in [0.717, 1.165) is 10.9 Å². The maximum absolute atomic E-state index is 13.3. The first kappa shape index (κ1) is 9.32. The Kier molecular flexibility index (Phi) is 2.17. The summed E-state index contributed by atoms with van der Waals surface area (Å²) in [5.41, 5.74) is 0.0175. The van der Waals surface area contributed by atoms with Gasteiger partial charge >= 0.3 is 5.69 Å². The summed E-state index contributed by atoms with van der Waals surface area (Å²) in [6.07, 6.45) is 2.24. The third-order valence-electron chi connectivity index (χ3n) is 1.88. The molecule has 0 unspecified atom stereocenters. The molecule has 0 aliphatic heterocycles. The SMILES string of the molecule is O=[N+]([O-])c1cnn(-c2ccccc2F)c1. The number of nitro groups is 1. The van der Waals surface area contributed by atoms with Crippen molar-refractivity contribution in [1.29, 1.82) is 0 Å². The van der Waals surface area contributed by atoms with Crippen molar-refractivity contribution in [3.05, 3.63) is 52.6 Å². The maximum Gasteiger partial charge on any atom is 0.307 e. The van der Waals surface area contributed by atoms with Crippen LogP contribution in [0.15, 0.2) is 36.7 Å². The number of hydrogen-bond donors (Lipinski definition) is 0. The summed E-state index contributed by atoms with van der Waals surface area (Å²) in [5, 5.41) is 14.1. The Bertz CT molecular complexity index is 510. The van der Waals surface area contributed by atoms with Crippen LogP contribution in [0.2, 0.25) is 0 Å². The average Bonchev–Trinajstić information content (AvgIpc) is 2.67. The molecule has 0 spiro atoms. The molecule has 0 bridgehead atoms. The Labute approximate surface area is 83.9 Å². The number of benzene rings is 1. The number of para-hydroxylation sites is 1. The highest BCUT2D eigenvalue weighted by Gasteiger charge is 2.11. The van der Waals surface area contributed by atoms with E-state index in [-0.39, 0.29) is 11.4 Å². The van der Waals surface area contributed by atoms with E-state index in [4.69, 9.17) is 0 Å². The molecule has 1 heterocycles. The average molecular weight is 207 g/mol. The summed E-state index contributed by atoms with van der Waals surface area (Å²) < 4.78 is 14.4. The van der Waals surface area contributed by atoms with Gasteiger partial charge in [0.1, 0.15) is 23.9 Å². The number of rotatable bonds is 2. The van der Waals surface area contributed by atoms with Crippen LogP contribution >= 0.6 is 0 Å². The first-order chi connectivity index (χ1) is 7.18. The minimum absolute atomic E-state index is 0.168. The zero-order valence-corrected chi connectivity index (χ0v) is 7.50. The fourth-order valence-electron chi connectivity index (χ4n) is 1.18. The molecule has 0 amide bonds. The highest BCUT2D eigenvalue weighted by atomic mass is 19.1. The van der Waals surface area contributed by atoms with Gasteiger partial charge in [-0.25, -0.2) is 9.07 Å². The normalized spacial score (nSPS) is 10.2. The summed E-state index contributed by atoms with van der Waals surface area (Å²) in [7, 11) is 0. The quantitative estimate of drug-likeness (QED) is 0.558. The molecular formula is C9H6FN3O2. The van der Waals surface area contributed by atoms with E-state index in [1.54, 1.807) is 6.07 Å². The standard InChI is InChI=1S/C9H6FN3O2/c10-8-3-1-2-4-9(8)12-6-7(5-11-12)13(14)15/h1-6H. The van der Waals surface area contributed by atoms with Crippen LogP contribution in [0.3, 0.4) is 0 Å². The summed E-state index contributed by atoms with van der Waals surface area (Å²) in [4.78, 5) is 9.81. The van der Waals surface area contributed by atoms with Crippen LogP contribution in [0.5, 0.6) is 0 Å². The third kappa shape index (κ3) is 1.69. The van der Waals surface area contributed by atoms with E-state index >= 15 is 0 Å². The van der Waals surface area contributed by atoms with Crippen LogP contribution in [0, 0.1) is 15.9 Å². The van der Waals surface area contributed by atoms with Crippen LogP contribution in [-0.4, -0.2) is 14.7 Å². The lowest BCUT2D eigenvalue weighted by molar-refractivity contribution is -0.384. The van der Waals surface area contributed by atoms with Gasteiger partial charge in [0.05, 0.1) is 4.92 Å². The summed E-state index contributed by atoms with van der Waals surface area (Å²) in [5.74, 6) is -0.476. The first-order valence-electron chi connectivity index (χ1n) is 4.12. The number of nitrogens with zero attached hydrogens (tertiary/aromatic N) is 3. The molecule has 0 saturated heterocycles. The zero-order chi connectivity index (χ0) is 10.8. The Morgan fingerprint density at radius 3 is 2.73 bits per heavy atom. The highest BCUT2D eigenvalue weighted by molar-refractivity contribution is 5.35. The Morgan fingerprint density at radius 1 is 1.40 bits per heavy atom. The third-order valence-corrected chi connectivity index (χ3v) is 1.88. The highest BCUT2D eigenvalue weighted by Crippen LogP contribution is 2.15. The Morgan fingerprint density at radius 2 is 2.13 bits per heavy atom. The van der Waals surface area contributed by atoms with Gasteiger partial charge in [-0.15, -0.1) is 0 Å². The Balaban J connectivity index is 2.46. The maximum atomic E-state index is 13.3. The first-order valence-corrected chi connectivity index (χ1v) is 4.12. The second kappa shape index (κ2) is 3.49. The van der Waals surface area contributed by atoms with Crippen molar-refractivity contribution >= 4 is 5.69 Å². The van der Waals surface area contributed by atoms with Crippen molar-refractivity contribution in [2.45, 2.75) is 0 Å². The molecule has 6 heteroatoms. The molecular weight excluding hydrogens is 201 g/mol. The van der Waals surface area contributed by atoms with Gasteiger partial charge in [0.25, 0.3) is 0 Å². The van der Waals surface area contributed by atoms with Crippen LogP contribution in [0.25, 0.3) is 5.69 Å². The van der Waals surface area contributed by atoms with Crippen molar-refractivity contribution in [2.24, 2.45) is 0 Å². The molecule has 0 N–H and O–H groups in total. The van der Waals surface area contributed by atoms with Crippen molar-refractivity contribution in [2.75, 3.05) is 0 Å². The van der Waals surface area contributed by atoms with Gasteiger partial charge in [0.2, 0.25) is 0 Å². The van der Waals surface area contributed by atoms with E-state index < -0.39 is 10.7 Å². The molecule has 0 aliphatic carbocycles. The van der Waals surface area contributed by atoms with Crippen LogP contribution in [0.1, 0.15) is 0 Å². The van der Waals surface area contributed by atoms with E-state index in [1.807, 2.05) is 0 Å². The molecule has 15 heavy (non-hydrogen) atoms. The van der Waals surface area contributed by atoms with E-state index in [2.05, 4.69) is 5.10 Å². The van der Waals surface area contributed by atoms with Gasteiger partial charge < -0.3 is 0 Å². The minimum atomic E-state index is -0.579. The van der Waals surface area contributed by atoms with Crippen LogP contribution in [-0.2, 0) is 0 Å². The van der Waals surface area contributed by atoms with Gasteiger partial charge in [-0.2, -0.15) is 5.10 Å². The fourth-order valence-corrected chi connectivity index (χ4v) is 1.18. The molecule has 5 nitrogen and oxygen atoms in total. The zero-order valence-electron chi connectivity index (χ0n) is 7.50. The molecule has 2 rings (SSSR count). The van der Waals surface area contributed by atoms with E-state index in [0.29, 0.717) is 0 Å².